The van der Waals surface area contributed by atoms with Gasteiger partial charge in [0.2, 0.25) is 0 Å². The van der Waals surface area contributed by atoms with Crippen LogP contribution in [0.15, 0.2) is 35.0 Å². The van der Waals surface area contributed by atoms with E-state index in [2.05, 4.69) is 40.6 Å². The maximum Gasteiger partial charge on any atom is 0.333 e. The fraction of sp³-hybridized carbons (Fsp3) is 0.633. The number of hydrogen-bond acceptors (Lipinski definition) is 6. The van der Waals surface area contributed by atoms with E-state index in [0.717, 1.165) is 56.8 Å². The Morgan fingerprint density at radius 2 is 1.77 bits per heavy atom. The molecule has 6 rings (SSSR count). The first kappa shape index (κ1) is 30.8. The standard InChI is InChI=1S/C14H23NO4.C11H13Cl2N.C5H6S/c1-15-6-2-14(3-7-15)10-13(4-8-18-9-5-13)11(19-14)12(16)17;12-10-4-3-9(11(13)7-10)8-14-5-1-2-6-14;1-5-2-3-6-4-5/h11H,2-10H2,1H3,(H,16,17);3-4,7H,1-2,5-6,8H2;2-4H,1H3. The zero-order valence-electron chi connectivity index (χ0n) is 23.2. The maximum absolute atomic E-state index is 11.6. The number of likely N-dealkylation sites (tertiary alicyclic amines) is 2. The largest absolute Gasteiger partial charge is 0.479 e. The van der Waals surface area contributed by atoms with Crippen molar-refractivity contribution >= 4 is 40.5 Å². The van der Waals surface area contributed by atoms with Gasteiger partial charge in [0.05, 0.1) is 5.60 Å². The van der Waals surface area contributed by atoms with E-state index in [0.29, 0.717) is 18.2 Å². The summed E-state index contributed by atoms with van der Waals surface area (Å²) in [5.74, 6) is -0.794. The van der Waals surface area contributed by atoms with Crippen molar-refractivity contribution in [2.75, 3.05) is 46.4 Å². The molecule has 2 aromatic rings. The number of carbonyl (C=O) groups is 1. The molecule has 0 amide bonds. The lowest BCUT2D eigenvalue weighted by atomic mass is 9.69. The predicted molar refractivity (Wildman–Crippen MR) is 159 cm³/mol. The molecule has 0 radical (unpaired) electrons. The Morgan fingerprint density at radius 3 is 2.31 bits per heavy atom. The van der Waals surface area contributed by atoms with Gasteiger partial charge >= 0.3 is 5.97 Å². The number of aliphatic carboxylic acids is 1. The van der Waals surface area contributed by atoms with E-state index in [4.69, 9.17) is 32.7 Å². The van der Waals surface area contributed by atoms with Crippen LogP contribution in [0.4, 0.5) is 0 Å². The van der Waals surface area contributed by atoms with Gasteiger partial charge in [0.1, 0.15) is 0 Å². The quantitative estimate of drug-likeness (QED) is 0.422. The molecule has 0 aliphatic carbocycles. The molecule has 4 aliphatic heterocycles. The second-order valence-corrected chi connectivity index (χ2v) is 13.1. The number of nitrogens with zero attached hydrogens (tertiary/aromatic N) is 2. The van der Waals surface area contributed by atoms with E-state index in [9.17, 15) is 9.90 Å². The second kappa shape index (κ2) is 14.1. The topological polar surface area (TPSA) is 62.2 Å². The molecule has 4 saturated heterocycles. The second-order valence-electron chi connectivity index (χ2n) is 11.5. The lowest BCUT2D eigenvalue weighted by Crippen LogP contribution is -2.43. The lowest BCUT2D eigenvalue weighted by Gasteiger charge is -2.38. The summed E-state index contributed by atoms with van der Waals surface area (Å²) in [7, 11) is 2.11. The van der Waals surface area contributed by atoms with Gasteiger partial charge < -0.3 is 19.5 Å². The van der Waals surface area contributed by atoms with Crippen molar-refractivity contribution in [3.05, 3.63) is 56.2 Å². The number of carboxylic acids is 1. The van der Waals surface area contributed by atoms with E-state index in [1.807, 2.05) is 18.2 Å². The minimum Gasteiger partial charge on any atom is -0.479 e. The molecule has 1 N–H and O–H groups in total. The van der Waals surface area contributed by atoms with Crippen LogP contribution in [0.25, 0.3) is 0 Å². The monoisotopic (exact) mass is 596 g/mol. The number of piperidine rings is 1. The first-order valence-electron chi connectivity index (χ1n) is 14.0. The maximum atomic E-state index is 11.6. The zero-order chi connectivity index (χ0) is 27.9. The summed E-state index contributed by atoms with van der Waals surface area (Å²) in [6, 6.07) is 7.83. The van der Waals surface area contributed by atoms with Crippen molar-refractivity contribution in [2.24, 2.45) is 5.41 Å². The molecular weight excluding hydrogens is 555 g/mol. The van der Waals surface area contributed by atoms with E-state index >= 15 is 0 Å². The molecule has 216 valence electrons. The van der Waals surface area contributed by atoms with Crippen LogP contribution in [-0.4, -0.2) is 79.0 Å². The molecular formula is C30H42Cl2N2O4S. The molecule has 39 heavy (non-hydrogen) atoms. The van der Waals surface area contributed by atoms with Crippen molar-refractivity contribution in [3.8, 4) is 0 Å². The van der Waals surface area contributed by atoms with Crippen molar-refractivity contribution in [1.29, 1.82) is 0 Å². The average molecular weight is 598 g/mol. The summed E-state index contributed by atoms with van der Waals surface area (Å²) < 4.78 is 11.5. The van der Waals surface area contributed by atoms with Crippen molar-refractivity contribution in [3.63, 3.8) is 0 Å². The Hall–Kier alpha value is -1.19. The van der Waals surface area contributed by atoms with E-state index < -0.39 is 12.1 Å². The minimum atomic E-state index is -0.794. The van der Waals surface area contributed by atoms with Gasteiger partial charge in [-0.2, -0.15) is 11.3 Å². The van der Waals surface area contributed by atoms with Gasteiger partial charge in [-0.1, -0.05) is 29.3 Å². The molecule has 1 unspecified atom stereocenters. The Bertz CT molecular complexity index is 1050. The predicted octanol–water partition coefficient (Wildman–Crippen LogP) is 6.77. The number of thiophene rings is 1. The molecule has 2 spiro atoms. The number of aryl methyl sites for hydroxylation is 1. The molecule has 4 aliphatic rings. The van der Waals surface area contributed by atoms with Gasteiger partial charge in [0, 0.05) is 48.3 Å². The fourth-order valence-corrected chi connectivity index (χ4v) is 7.30. The summed E-state index contributed by atoms with van der Waals surface area (Å²) >= 11 is 13.7. The molecule has 1 atom stereocenters. The smallest absolute Gasteiger partial charge is 0.333 e. The van der Waals surface area contributed by atoms with Crippen molar-refractivity contribution < 1.29 is 19.4 Å². The van der Waals surface area contributed by atoms with E-state index in [1.165, 1.54) is 37.1 Å². The first-order valence-corrected chi connectivity index (χ1v) is 15.7. The average Bonchev–Trinajstić information content (AvgIpc) is 3.66. The molecule has 0 saturated carbocycles. The Balaban J connectivity index is 0.000000154. The van der Waals surface area contributed by atoms with Crippen LogP contribution in [0.1, 0.15) is 56.1 Å². The zero-order valence-corrected chi connectivity index (χ0v) is 25.5. The van der Waals surface area contributed by atoms with E-state index in [-0.39, 0.29) is 11.0 Å². The first-order chi connectivity index (χ1) is 18.7. The van der Waals surface area contributed by atoms with Crippen LogP contribution in [0.3, 0.4) is 0 Å². The molecule has 9 heteroatoms. The molecule has 6 nitrogen and oxygen atoms in total. The third kappa shape index (κ3) is 8.41. The summed E-state index contributed by atoms with van der Waals surface area (Å²) in [4.78, 5) is 16.3. The number of rotatable bonds is 3. The molecule has 1 aromatic heterocycles. The number of ether oxygens (including phenoxy) is 2. The number of benzene rings is 1. The highest BCUT2D eigenvalue weighted by Crippen LogP contribution is 2.53. The van der Waals surface area contributed by atoms with Crippen molar-refractivity contribution in [1.82, 2.24) is 9.80 Å². The SMILES string of the molecule is CN1CCC2(CC1)CC1(CCOCC1)C(C(=O)O)O2.Cc1ccsc1.Clc1ccc(CN2CCCC2)c(Cl)c1. The van der Waals surface area contributed by atoms with Crippen LogP contribution < -0.4 is 0 Å². The van der Waals surface area contributed by atoms with E-state index in [1.54, 1.807) is 11.3 Å². The Labute approximate surface area is 247 Å². The Kier molecular flexibility index (Phi) is 11.1. The minimum absolute atomic E-state index is 0.194. The lowest BCUT2D eigenvalue weighted by molar-refractivity contribution is -0.164. The van der Waals surface area contributed by atoms with Crippen LogP contribution in [0.2, 0.25) is 10.0 Å². The van der Waals surface area contributed by atoms with Gasteiger partial charge in [-0.25, -0.2) is 4.79 Å². The fourth-order valence-electron chi connectivity index (χ4n) is 6.16. The van der Waals surface area contributed by atoms with Gasteiger partial charge in [0.25, 0.3) is 0 Å². The van der Waals surface area contributed by atoms with Crippen LogP contribution in [0.5, 0.6) is 0 Å². The molecule has 4 fully saturated rings. The molecule has 5 heterocycles. The van der Waals surface area contributed by atoms with Crippen LogP contribution in [-0.2, 0) is 20.8 Å². The Morgan fingerprint density at radius 1 is 1.08 bits per heavy atom. The van der Waals surface area contributed by atoms with Gasteiger partial charge in [-0.3, -0.25) is 4.90 Å². The van der Waals surface area contributed by atoms with Gasteiger partial charge in [-0.15, -0.1) is 0 Å². The van der Waals surface area contributed by atoms with Crippen LogP contribution >= 0.6 is 34.5 Å². The third-order valence-electron chi connectivity index (χ3n) is 8.48. The third-order valence-corrected chi connectivity index (χ3v) is 9.87. The van der Waals surface area contributed by atoms with Crippen LogP contribution in [0, 0.1) is 12.3 Å². The highest BCUT2D eigenvalue weighted by Gasteiger charge is 2.59. The highest BCUT2D eigenvalue weighted by molar-refractivity contribution is 7.07. The summed E-state index contributed by atoms with van der Waals surface area (Å²) in [5, 5.41) is 15.2. The summed E-state index contributed by atoms with van der Waals surface area (Å²) in [6.07, 6.45) is 6.43. The normalized spacial score (nSPS) is 24.2. The molecule has 1 aromatic carbocycles. The molecule has 0 bridgehead atoms. The van der Waals surface area contributed by atoms with Gasteiger partial charge in [0.15, 0.2) is 6.10 Å². The summed E-state index contributed by atoms with van der Waals surface area (Å²) in [6.45, 7) is 8.77. The number of halogens is 2. The van der Waals surface area contributed by atoms with Crippen molar-refractivity contribution in [2.45, 2.75) is 70.1 Å². The highest BCUT2D eigenvalue weighted by atomic mass is 35.5. The van der Waals surface area contributed by atoms with Gasteiger partial charge in [-0.05, 0) is 112 Å². The number of hydrogen-bond donors (Lipinski definition) is 1. The number of carboxylic acid groups (broad SMARTS) is 1. The summed E-state index contributed by atoms with van der Waals surface area (Å²) in [5.41, 5.74) is 2.14.